The molecule has 0 spiro atoms. The topological polar surface area (TPSA) is 0 Å². The van der Waals surface area contributed by atoms with E-state index in [9.17, 15) is 43.9 Å². The van der Waals surface area contributed by atoms with Gasteiger partial charge in [-0.3, -0.25) is 0 Å². The van der Waals surface area contributed by atoms with E-state index in [0.29, 0.717) is 10.8 Å². The van der Waals surface area contributed by atoms with Crippen molar-refractivity contribution in [2.45, 2.75) is 63.2 Å². The molecule has 0 aromatic heterocycles. The summed E-state index contributed by atoms with van der Waals surface area (Å²) in [6.07, 6.45) is -12.9. The van der Waals surface area contributed by atoms with Gasteiger partial charge in [0, 0.05) is 12.8 Å². The standard InChI is InChI=1S/C6H9F5.C5H6F5I/c1-2-3-4-5(7,8)6(9,10)11;6-4(7,2-1-3-11)5(8,9)10/h2-4H2,1H3;1-3H2. The fraction of sp³-hybridized carbons (Fsp3) is 1.00. The van der Waals surface area contributed by atoms with Gasteiger partial charge in [-0.15, -0.1) is 0 Å². The molecule has 0 bridgehead atoms. The lowest BCUT2D eigenvalue weighted by molar-refractivity contribution is -0.284. The zero-order valence-electron chi connectivity index (χ0n) is 11.4. The molecule has 136 valence electrons. The fourth-order valence-electron chi connectivity index (χ4n) is 0.971. The van der Waals surface area contributed by atoms with E-state index in [4.69, 9.17) is 0 Å². The first-order valence-corrected chi connectivity index (χ1v) is 7.60. The molecule has 0 heterocycles. The fourth-order valence-corrected chi connectivity index (χ4v) is 1.35. The molecular weight excluding hydrogens is 449 g/mol. The Hall–Kier alpha value is 0.0300. The van der Waals surface area contributed by atoms with Gasteiger partial charge in [0.2, 0.25) is 0 Å². The minimum Gasteiger partial charge on any atom is -0.196 e. The van der Waals surface area contributed by atoms with E-state index >= 15 is 0 Å². The summed E-state index contributed by atoms with van der Waals surface area (Å²) in [6.45, 7) is 1.56. The molecule has 0 amide bonds. The van der Waals surface area contributed by atoms with Crippen LogP contribution >= 0.6 is 22.6 Å². The molecule has 0 N–H and O–H groups in total. The molecule has 0 aromatic carbocycles. The van der Waals surface area contributed by atoms with Gasteiger partial charge in [-0.2, -0.15) is 43.9 Å². The molecule has 0 aliphatic carbocycles. The molecule has 0 rings (SSSR count). The Bertz CT molecular complexity index is 264. The predicted molar refractivity (Wildman–Crippen MR) is 69.7 cm³/mol. The maximum Gasteiger partial charge on any atom is 0.453 e. The summed E-state index contributed by atoms with van der Waals surface area (Å²) in [5, 5.41) is 0. The van der Waals surface area contributed by atoms with Crippen LogP contribution in [0.4, 0.5) is 43.9 Å². The average molecular weight is 464 g/mol. The number of unbranched alkanes of at least 4 members (excludes halogenated alkanes) is 1. The van der Waals surface area contributed by atoms with Crippen molar-refractivity contribution in [3.8, 4) is 0 Å². The van der Waals surface area contributed by atoms with E-state index in [1.165, 1.54) is 0 Å². The normalized spacial score (nSPS) is 13.6. The van der Waals surface area contributed by atoms with Crippen LogP contribution in [-0.2, 0) is 0 Å². The Morgan fingerprint density at radius 2 is 0.955 bits per heavy atom. The number of rotatable bonds is 6. The van der Waals surface area contributed by atoms with Crippen LogP contribution in [0, 0.1) is 0 Å². The first kappa shape index (κ1) is 24.3. The molecule has 0 atom stereocenters. The lowest BCUT2D eigenvalue weighted by atomic mass is 10.1. The average Bonchev–Trinajstić information content (AvgIpc) is 2.32. The highest BCUT2D eigenvalue weighted by molar-refractivity contribution is 14.1. The van der Waals surface area contributed by atoms with E-state index in [1.807, 2.05) is 0 Å². The Kier molecular flexibility index (Phi) is 10.3. The van der Waals surface area contributed by atoms with Crippen LogP contribution in [0.3, 0.4) is 0 Å². The largest absolute Gasteiger partial charge is 0.453 e. The van der Waals surface area contributed by atoms with Gasteiger partial charge in [0.1, 0.15) is 0 Å². The molecule has 0 aliphatic heterocycles. The summed E-state index contributed by atoms with van der Waals surface area (Å²) < 4.78 is 117. The van der Waals surface area contributed by atoms with Crippen molar-refractivity contribution in [1.29, 1.82) is 0 Å². The van der Waals surface area contributed by atoms with E-state index in [-0.39, 0.29) is 12.8 Å². The molecule has 11 heteroatoms. The van der Waals surface area contributed by atoms with Crippen molar-refractivity contribution in [2.24, 2.45) is 0 Å². The van der Waals surface area contributed by atoms with Gasteiger partial charge in [0.15, 0.2) is 0 Å². The second-order valence-corrected chi connectivity index (χ2v) is 5.38. The molecule has 0 saturated carbocycles. The Morgan fingerprint density at radius 1 is 0.636 bits per heavy atom. The highest BCUT2D eigenvalue weighted by Crippen LogP contribution is 2.39. The van der Waals surface area contributed by atoms with Crippen LogP contribution in [0.25, 0.3) is 0 Å². The van der Waals surface area contributed by atoms with E-state index < -0.39 is 37.0 Å². The maximum absolute atomic E-state index is 12.0. The van der Waals surface area contributed by atoms with Gasteiger partial charge >= 0.3 is 24.2 Å². The van der Waals surface area contributed by atoms with Gasteiger partial charge in [-0.05, 0) is 17.3 Å². The molecule has 0 fully saturated rings. The van der Waals surface area contributed by atoms with Crippen molar-refractivity contribution in [3.05, 3.63) is 0 Å². The third-order valence-corrected chi connectivity index (χ3v) is 3.06. The minimum absolute atomic E-state index is 0.105. The van der Waals surface area contributed by atoms with Crippen molar-refractivity contribution in [3.63, 3.8) is 0 Å². The predicted octanol–water partition coefficient (Wildman–Crippen LogP) is 6.77. The van der Waals surface area contributed by atoms with Gasteiger partial charge in [0.25, 0.3) is 0 Å². The van der Waals surface area contributed by atoms with Crippen LogP contribution < -0.4 is 0 Å². The molecule has 0 aliphatic rings. The zero-order valence-corrected chi connectivity index (χ0v) is 13.6. The summed E-state index contributed by atoms with van der Waals surface area (Å²) in [6, 6.07) is 0. The number of hydrogen-bond donors (Lipinski definition) is 0. The summed E-state index contributed by atoms with van der Waals surface area (Å²) in [4.78, 5) is 0. The lowest BCUT2D eigenvalue weighted by Crippen LogP contribution is -2.36. The van der Waals surface area contributed by atoms with E-state index in [2.05, 4.69) is 0 Å². The third-order valence-electron chi connectivity index (χ3n) is 2.30. The highest BCUT2D eigenvalue weighted by atomic mass is 127. The summed E-state index contributed by atoms with van der Waals surface area (Å²) in [7, 11) is 0. The first-order valence-electron chi connectivity index (χ1n) is 6.07. The lowest BCUT2D eigenvalue weighted by Gasteiger charge is -2.18. The Morgan fingerprint density at radius 3 is 1.18 bits per heavy atom. The van der Waals surface area contributed by atoms with Crippen molar-refractivity contribution < 1.29 is 43.9 Å². The van der Waals surface area contributed by atoms with Gasteiger partial charge in [-0.25, -0.2) is 0 Å². The number of alkyl halides is 11. The monoisotopic (exact) mass is 464 g/mol. The highest BCUT2D eigenvalue weighted by Gasteiger charge is 2.57. The quantitative estimate of drug-likeness (QED) is 0.231. The van der Waals surface area contributed by atoms with Crippen LogP contribution in [0.1, 0.15) is 39.0 Å². The van der Waals surface area contributed by atoms with Gasteiger partial charge in [0.05, 0.1) is 0 Å². The second-order valence-electron chi connectivity index (χ2n) is 4.30. The van der Waals surface area contributed by atoms with Crippen LogP contribution in [-0.4, -0.2) is 28.6 Å². The SMILES string of the molecule is CCCCC(F)(F)C(F)(F)F.FC(F)(F)C(F)(F)CCCI. The molecule has 0 aromatic rings. The van der Waals surface area contributed by atoms with Crippen molar-refractivity contribution >= 4 is 22.6 Å². The smallest absolute Gasteiger partial charge is 0.196 e. The summed E-state index contributed by atoms with van der Waals surface area (Å²) in [5.41, 5.74) is 0. The molecular formula is C11H15F10I. The summed E-state index contributed by atoms with van der Waals surface area (Å²) >= 11 is 1.75. The number of hydrogen-bond acceptors (Lipinski definition) is 0. The van der Waals surface area contributed by atoms with Crippen LogP contribution in [0.5, 0.6) is 0 Å². The molecule has 0 saturated heterocycles. The molecule has 0 unspecified atom stereocenters. The molecule has 0 radical (unpaired) electrons. The zero-order chi connectivity index (χ0) is 18.2. The summed E-state index contributed by atoms with van der Waals surface area (Å²) in [5.74, 6) is -9.03. The molecule has 0 nitrogen and oxygen atoms in total. The van der Waals surface area contributed by atoms with Gasteiger partial charge in [-0.1, -0.05) is 35.9 Å². The van der Waals surface area contributed by atoms with Gasteiger partial charge < -0.3 is 0 Å². The van der Waals surface area contributed by atoms with Crippen molar-refractivity contribution in [2.75, 3.05) is 4.43 Å². The van der Waals surface area contributed by atoms with Crippen LogP contribution in [0.15, 0.2) is 0 Å². The van der Waals surface area contributed by atoms with E-state index in [1.54, 1.807) is 29.5 Å². The first-order chi connectivity index (χ1) is 9.62. The van der Waals surface area contributed by atoms with Crippen molar-refractivity contribution in [1.82, 2.24) is 0 Å². The van der Waals surface area contributed by atoms with Crippen LogP contribution in [0.2, 0.25) is 0 Å². The number of halogens is 11. The second kappa shape index (κ2) is 9.36. The molecule has 22 heavy (non-hydrogen) atoms. The van der Waals surface area contributed by atoms with E-state index in [0.717, 1.165) is 0 Å². The maximum atomic E-state index is 12.0. The Balaban J connectivity index is 0. The third kappa shape index (κ3) is 9.23. The Labute approximate surface area is 134 Å². The minimum atomic E-state index is -5.39.